The molecule has 2 aromatic heterocycles. The summed E-state index contributed by atoms with van der Waals surface area (Å²) in [6, 6.07) is 19.3. The van der Waals surface area contributed by atoms with Crippen LogP contribution in [0.2, 0.25) is 0 Å². The Balaban J connectivity index is 1.17. The summed E-state index contributed by atoms with van der Waals surface area (Å²) in [6.45, 7) is 8.51. The van der Waals surface area contributed by atoms with Crippen molar-refractivity contribution >= 4 is 23.2 Å². The number of pyridine rings is 2. The maximum absolute atomic E-state index is 13.7. The summed E-state index contributed by atoms with van der Waals surface area (Å²) in [4.78, 5) is 45.5. The Hall–Kier alpha value is -4.85. The van der Waals surface area contributed by atoms with Crippen LogP contribution in [0.1, 0.15) is 56.9 Å². The quantitative estimate of drug-likeness (QED) is 0.183. The van der Waals surface area contributed by atoms with Crippen LogP contribution in [0, 0.1) is 0 Å². The minimum atomic E-state index is -4.48. The molecule has 53 heavy (non-hydrogen) atoms. The van der Waals surface area contributed by atoms with E-state index in [1.807, 2.05) is 30.3 Å². The summed E-state index contributed by atoms with van der Waals surface area (Å²) in [5.41, 5.74) is 3.53. The third kappa shape index (κ3) is 10.4. The monoisotopic (exact) mass is 728 g/mol. The third-order valence-corrected chi connectivity index (χ3v) is 9.84. The minimum Gasteiger partial charge on any atom is -0.372 e. The first kappa shape index (κ1) is 37.9. The summed E-state index contributed by atoms with van der Waals surface area (Å²) >= 11 is 0. The molecule has 4 aromatic rings. The molecule has 0 saturated carbocycles. The van der Waals surface area contributed by atoms with Gasteiger partial charge in [-0.25, -0.2) is 4.98 Å². The van der Waals surface area contributed by atoms with Gasteiger partial charge in [0.1, 0.15) is 5.69 Å². The van der Waals surface area contributed by atoms with Crippen LogP contribution in [-0.4, -0.2) is 103 Å². The number of halogens is 3. The molecule has 4 heterocycles. The molecule has 280 valence electrons. The largest absolute Gasteiger partial charge is 0.416 e. The molecule has 2 saturated heterocycles. The van der Waals surface area contributed by atoms with E-state index in [1.54, 1.807) is 18.2 Å². The lowest BCUT2D eigenvalue weighted by Gasteiger charge is -2.33. The van der Waals surface area contributed by atoms with Gasteiger partial charge in [0.2, 0.25) is 0 Å². The highest BCUT2D eigenvalue weighted by atomic mass is 19.4. The van der Waals surface area contributed by atoms with E-state index in [4.69, 9.17) is 4.98 Å². The number of anilines is 2. The number of carbonyl (C=O) groups excluding carboxylic acids is 2. The highest BCUT2D eigenvalue weighted by Gasteiger charge is 2.30. The van der Waals surface area contributed by atoms with Crippen LogP contribution in [0.5, 0.6) is 0 Å². The second kappa shape index (κ2) is 17.3. The van der Waals surface area contributed by atoms with E-state index >= 15 is 0 Å². The molecule has 2 amide bonds. The number of piperidine rings is 1. The molecule has 2 fully saturated rings. The van der Waals surface area contributed by atoms with Gasteiger partial charge in [0.25, 0.3) is 11.8 Å². The van der Waals surface area contributed by atoms with E-state index in [2.05, 4.69) is 49.3 Å². The van der Waals surface area contributed by atoms with Gasteiger partial charge in [-0.1, -0.05) is 18.2 Å². The van der Waals surface area contributed by atoms with Crippen LogP contribution >= 0.6 is 0 Å². The van der Waals surface area contributed by atoms with E-state index in [9.17, 15) is 22.8 Å². The van der Waals surface area contributed by atoms with E-state index in [-0.39, 0.29) is 23.7 Å². The van der Waals surface area contributed by atoms with E-state index in [1.165, 1.54) is 24.8 Å². The Morgan fingerprint density at radius 2 is 1.64 bits per heavy atom. The maximum Gasteiger partial charge on any atom is 0.416 e. The number of carbonyl (C=O) groups is 2. The number of alkyl halides is 3. The lowest BCUT2D eigenvalue weighted by molar-refractivity contribution is -0.137. The van der Waals surface area contributed by atoms with Gasteiger partial charge in [-0.05, 0) is 93.5 Å². The Bertz CT molecular complexity index is 1870. The number of rotatable bonds is 12. The van der Waals surface area contributed by atoms with Gasteiger partial charge in [0, 0.05) is 88.5 Å². The van der Waals surface area contributed by atoms with Crippen molar-refractivity contribution in [1.82, 2.24) is 30.0 Å². The van der Waals surface area contributed by atoms with Crippen molar-refractivity contribution < 1.29 is 22.8 Å². The van der Waals surface area contributed by atoms with Gasteiger partial charge in [0.05, 0.1) is 22.6 Å². The Morgan fingerprint density at radius 1 is 0.868 bits per heavy atom. The zero-order chi connectivity index (χ0) is 37.4. The van der Waals surface area contributed by atoms with Gasteiger partial charge < -0.3 is 20.4 Å². The highest BCUT2D eigenvalue weighted by Crippen LogP contribution is 2.33. The van der Waals surface area contributed by atoms with Gasteiger partial charge in [-0.2, -0.15) is 13.2 Å². The topological polar surface area (TPSA) is 96.9 Å². The van der Waals surface area contributed by atoms with Crippen molar-refractivity contribution in [3.8, 4) is 11.3 Å². The number of piperazine rings is 1. The lowest BCUT2D eigenvalue weighted by Crippen LogP contribution is -2.46. The third-order valence-electron chi connectivity index (χ3n) is 9.84. The molecular weight excluding hydrogens is 681 g/mol. The Morgan fingerprint density at radius 3 is 2.42 bits per heavy atom. The van der Waals surface area contributed by atoms with Crippen LogP contribution in [0.4, 0.5) is 24.5 Å². The van der Waals surface area contributed by atoms with Crippen molar-refractivity contribution in [1.29, 1.82) is 0 Å². The zero-order valence-electron chi connectivity index (χ0n) is 30.3. The molecule has 6 rings (SSSR count). The summed E-state index contributed by atoms with van der Waals surface area (Å²) in [6.07, 6.45) is 0.380. The van der Waals surface area contributed by atoms with Gasteiger partial charge in [0.15, 0.2) is 0 Å². The number of hydrogen-bond donors (Lipinski definition) is 2. The first-order valence-corrected chi connectivity index (χ1v) is 18.2. The molecule has 0 aliphatic carbocycles. The maximum atomic E-state index is 13.7. The molecule has 0 radical (unpaired) electrons. The zero-order valence-corrected chi connectivity index (χ0v) is 30.3. The number of likely N-dealkylation sites (N-methyl/N-ethyl adjacent to an activating group) is 2. The fourth-order valence-electron chi connectivity index (χ4n) is 6.68. The molecule has 13 heteroatoms. The van der Waals surface area contributed by atoms with Crippen LogP contribution in [-0.2, 0) is 19.3 Å². The Labute approximate surface area is 309 Å². The first-order chi connectivity index (χ1) is 25.5. The van der Waals surface area contributed by atoms with Crippen LogP contribution in [0.25, 0.3) is 11.3 Å². The number of aromatic nitrogens is 2. The van der Waals surface area contributed by atoms with Crippen molar-refractivity contribution in [2.24, 2.45) is 0 Å². The molecule has 2 N–H and O–H groups in total. The second-order valence-electron chi connectivity index (χ2n) is 13.9. The van der Waals surface area contributed by atoms with Crippen LogP contribution in [0.15, 0.2) is 79.0 Å². The number of nitrogens with one attached hydrogen (secondary N) is 2. The van der Waals surface area contributed by atoms with Gasteiger partial charge >= 0.3 is 6.18 Å². The van der Waals surface area contributed by atoms with Gasteiger partial charge in [-0.3, -0.25) is 24.4 Å². The number of nitrogens with zero attached hydrogens (tertiary/aromatic N) is 6. The van der Waals surface area contributed by atoms with Crippen LogP contribution in [0.3, 0.4) is 0 Å². The lowest BCUT2D eigenvalue weighted by atomic mass is 10.0. The molecule has 2 aliphatic rings. The molecule has 0 atom stereocenters. The van der Waals surface area contributed by atoms with E-state index in [0.29, 0.717) is 29.1 Å². The fourth-order valence-corrected chi connectivity index (χ4v) is 6.68. The smallest absolute Gasteiger partial charge is 0.372 e. The molecular formula is C40H47F3N8O2. The molecule has 0 bridgehead atoms. The van der Waals surface area contributed by atoms with Crippen molar-refractivity contribution in [2.75, 3.05) is 76.7 Å². The van der Waals surface area contributed by atoms with E-state index < -0.39 is 17.6 Å². The highest BCUT2D eigenvalue weighted by molar-refractivity contribution is 6.05. The van der Waals surface area contributed by atoms with Crippen molar-refractivity contribution in [3.05, 3.63) is 107 Å². The fraction of sp³-hybridized carbons (Fsp3) is 0.400. The van der Waals surface area contributed by atoms with E-state index in [0.717, 1.165) is 88.7 Å². The number of hydrogen-bond acceptors (Lipinski definition) is 8. The predicted molar refractivity (Wildman–Crippen MR) is 201 cm³/mol. The standard InChI is InChI=1S/C40H47F3N8O2/c1-48-18-21-50(22-19-48)23-20-49(2)28-32-10-7-11-36(46-32)39(53)47-35-13-12-33(51-16-4-3-5-17-51)26-34(35)37-25-30(14-15-44-37)38(52)45-27-29-8-6-9-31(24-29)40(41,42)43/h6-15,24-26H,3-5,16-23,27-28H2,1-2H3,(H,45,52)(H,47,53). The van der Waals surface area contributed by atoms with Crippen LogP contribution < -0.4 is 15.5 Å². The molecule has 10 nitrogen and oxygen atoms in total. The SMILES string of the molecule is CN1CCN(CCN(C)Cc2cccc(C(=O)Nc3ccc(N4CCCCC4)cc3-c3cc(C(=O)NCc4cccc(C(F)(F)F)c4)ccn3)n2)CC1. The minimum absolute atomic E-state index is 0.0791. The predicted octanol–water partition coefficient (Wildman–Crippen LogP) is 6.01. The Kier molecular flexibility index (Phi) is 12.4. The summed E-state index contributed by atoms with van der Waals surface area (Å²) in [5.74, 6) is -0.827. The van der Waals surface area contributed by atoms with Gasteiger partial charge in [-0.15, -0.1) is 0 Å². The average Bonchev–Trinajstić information content (AvgIpc) is 3.17. The molecule has 2 aliphatic heterocycles. The molecule has 2 aromatic carbocycles. The normalized spacial score (nSPS) is 15.8. The average molecular weight is 729 g/mol. The number of amides is 2. The summed E-state index contributed by atoms with van der Waals surface area (Å²) in [5, 5.41) is 5.76. The summed E-state index contributed by atoms with van der Waals surface area (Å²) < 4.78 is 39.6. The first-order valence-electron chi connectivity index (χ1n) is 18.2. The molecule has 0 spiro atoms. The second-order valence-corrected chi connectivity index (χ2v) is 13.9. The van der Waals surface area contributed by atoms with Crippen molar-refractivity contribution in [3.63, 3.8) is 0 Å². The summed E-state index contributed by atoms with van der Waals surface area (Å²) in [7, 11) is 4.21. The van der Waals surface area contributed by atoms with Crippen molar-refractivity contribution in [2.45, 2.75) is 38.5 Å². The number of benzene rings is 2. The molecule has 0 unspecified atom stereocenters.